The van der Waals surface area contributed by atoms with Crippen molar-refractivity contribution in [2.24, 2.45) is 0 Å². The average Bonchev–Trinajstić information content (AvgIpc) is 2.64. The fourth-order valence-electron chi connectivity index (χ4n) is 2.68. The van der Waals surface area contributed by atoms with Gasteiger partial charge in [0.05, 0.1) is 24.5 Å². The second-order valence-electron chi connectivity index (χ2n) is 5.97. The molecule has 0 heterocycles. The van der Waals surface area contributed by atoms with Crippen molar-refractivity contribution in [3.05, 3.63) is 78.4 Å². The molecule has 0 aliphatic rings. The molecule has 0 unspecified atom stereocenters. The van der Waals surface area contributed by atoms with E-state index in [9.17, 15) is 13.2 Å². The number of hydrogen-bond acceptors (Lipinski definition) is 3. The topological polar surface area (TPSA) is 66.5 Å². The first-order chi connectivity index (χ1) is 12.4. The lowest BCUT2D eigenvalue weighted by molar-refractivity contribution is 0.0935. The number of carbonyl (C=O) groups is 1. The van der Waals surface area contributed by atoms with Crippen molar-refractivity contribution in [1.82, 2.24) is 5.32 Å². The van der Waals surface area contributed by atoms with E-state index in [1.165, 1.54) is 10.4 Å². The Morgan fingerprint density at radius 3 is 2.27 bits per heavy atom. The van der Waals surface area contributed by atoms with E-state index in [-0.39, 0.29) is 18.5 Å². The molecule has 0 bridgehead atoms. The zero-order chi connectivity index (χ0) is 19.2. The van der Waals surface area contributed by atoms with Gasteiger partial charge >= 0.3 is 0 Å². The van der Waals surface area contributed by atoms with Crippen molar-refractivity contribution < 1.29 is 13.2 Å². The maximum atomic E-state index is 12.5. The van der Waals surface area contributed by atoms with E-state index in [0.717, 1.165) is 18.2 Å². The minimum atomic E-state index is -3.41. The number of amides is 1. The number of hydrogen-bond donors (Lipinski definition) is 1. The molecule has 1 N–H and O–H groups in total. The Morgan fingerprint density at radius 2 is 1.77 bits per heavy atom. The van der Waals surface area contributed by atoms with Crippen molar-refractivity contribution in [2.45, 2.75) is 19.4 Å². The number of rotatable bonds is 8. The van der Waals surface area contributed by atoms with Gasteiger partial charge in [0.25, 0.3) is 5.91 Å². The van der Waals surface area contributed by atoms with Crippen LogP contribution in [0.5, 0.6) is 0 Å². The summed E-state index contributed by atoms with van der Waals surface area (Å²) in [4.78, 5) is 12.5. The number of carbonyl (C=O) groups excluding carboxylic acids is 1. The summed E-state index contributed by atoms with van der Waals surface area (Å²) in [5.41, 5.74) is 2.03. The summed E-state index contributed by atoms with van der Waals surface area (Å²) in [6.07, 6.45) is 3.44. The van der Waals surface area contributed by atoms with Gasteiger partial charge in [0.2, 0.25) is 10.0 Å². The Balaban J connectivity index is 2.16. The molecule has 0 saturated carbocycles. The van der Waals surface area contributed by atoms with Crippen LogP contribution in [0.2, 0.25) is 0 Å². The lowest BCUT2D eigenvalue weighted by Crippen LogP contribution is -2.30. The third-order valence-corrected chi connectivity index (χ3v) is 5.19. The van der Waals surface area contributed by atoms with Gasteiger partial charge in [-0.1, -0.05) is 43.3 Å². The molecule has 0 aliphatic heterocycles. The number of anilines is 1. The van der Waals surface area contributed by atoms with Crippen LogP contribution in [-0.2, 0) is 10.0 Å². The number of nitrogens with one attached hydrogen (secondary N) is 1. The third-order valence-electron chi connectivity index (χ3n) is 4.03. The number of benzene rings is 2. The van der Waals surface area contributed by atoms with Gasteiger partial charge < -0.3 is 5.32 Å². The number of nitrogens with zero attached hydrogens (tertiary/aromatic N) is 1. The Morgan fingerprint density at radius 1 is 1.15 bits per heavy atom. The molecule has 2 aromatic rings. The molecule has 0 fully saturated rings. The highest BCUT2D eigenvalue weighted by Gasteiger charge is 2.17. The maximum Gasteiger partial charge on any atom is 0.251 e. The largest absolute Gasteiger partial charge is 0.345 e. The minimum absolute atomic E-state index is 0.0725. The highest BCUT2D eigenvalue weighted by atomic mass is 32.2. The first-order valence-corrected chi connectivity index (χ1v) is 10.3. The molecule has 138 valence electrons. The van der Waals surface area contributed by atoms with Crippen LogP contribution in [0.25, 0.3) is 0 Å². The summed E-state index contributed by atoms with van der Waals surface area (Å²) in [5, 5.41) is 3.02. The SMILES string of the molecule is C=CCN(c1ccc(C(=O)N[C@@H](CC)c2ccccc2)cc1)S(C)(=O)=O. The molecular formula is C20H24N2O3S. The zero-order valence-electron chi connectivity index (χ0n) is 15.1. The van der Waals surface area contributed by atoms with Crippen molar-refractivity contribution in [1.29, 1.82) is 0 Å². The van der Waals surface area contributed by atoms with Crippen LogP contribution < -0.4 is 9.62 Å². The lowest BCUT2D eigenvalue weighted by Gasteiger charge is -2.21. The Labute approximate surface area is 155 Å². The van der Waals surface area contributed by atoms with Crippen LogP contribution in [0.3, 0.4) is 0 Å². The van der Waals surface area contributed by atoms with Gasteiger partial charge in [-0.2, -0.15) is 0 Å². The molecule has 2 rings (SSSR count). The first-order valence-electron chi connectivity index (χ1n) is 8.41. The summed E-state index contributed by atoms with van der Waals surface area (Å²) in [6.45, 7) is 5.78. The predicted octanol–water partition coefficient (Wildman–Crippen LogP) is 3.52. The van der Waals surface area contributed by atoms with Crippen LogP contribution in [-0.4, -0.2) is 27.1 Å². The van der Waals surface area contributed by atoms with E-state index in [0.29, 0.717) is 11.3 Å². The average molecular weight is 372 g/mol. The first kappa shape index (κ1) is 19.7. The molecule has 1 amide bonds. The molecule has 6 heteroatoms. The predicted molar refractivity (Wildman–Crippen MR) is 106 cm³/mol. The summed E-state index contributed by atoms with van der Waals surface area (Å²) < 4.78 is 25.0. The number of sulfonamides is 1. The third kappa shape index (κ3) is 4.95. The van der Waals surface area contributed by atoms with Crippen molar-refractivity contribution >= 4 is 21.6 Å². The minimum Gasteiger partial charge on any atom is -0.345 e. The molecule has 0 saturated heterocycles. The van der Waals surface area contributed by atoms with Gasteiger partial charge in [-0.15, -0.1) is 6.58 Å². The molecule has 0 aliphatic carbocycles. The van der Waals surface area contributed by atoms with Gasteiger partial charge in [0, 0.05) is 5.56 Å². The second-order valence-corrected chi connectivity index (χ2v) is 7.88. The summed E-state index contributed by atoms with van der Waals surface area (Å²) in [7, 11) is -3.41. The van der Waals surface area contributed by atoms with Gasteiger partial charge in [-0.3, -0.25) is 9.10 Å². The molecule has 0 aromatic heterocycles. The fourth-order valence-corrected chi connectivity index (χ4v) is 3.56. The monoisotopic (exact) mass is 372 g/mol. The fraction of sp³-hybridized carbons (Fsp3) is 0.250. The molecule has 5 nitrogen and oxygen atoms in total. The maximum absolute atomic E-state index is 12.5. The molecule has 1 atom stereocenters. The Kier molecular flexibility index (Phi) is 6.58. The van der Waals surface area contributed by atoms with Gasteiger partial charge in [0.1, 0.15) is 0 Å². The highest BCUT2D eigenvalue weighted by molar-refractivity contribution is 7.92. The standard InChI is InChI=1S/C20H24N2O3S/c1-4-15-22(26(3,24)25)18-13-11-17(12-14-18)20(23)21-19(5-2)16-9-7-6-8-10-16/h4,6-14,19H,1,5,15H2,2-3H3,(H,21,23)/t19-/m0/s1. The Bertz CT molecular complexity index is 846. The molecule has 2 aromatic carbocycles. The highest BCUT2D eigenvalue weighted by Crippen LogP contribution is 2.20. The zero-order valence-corrected chi connectivity index (χ0v) is 15.9. The molecule has 0 radical (unpaired) electrons. The summed E-state index contributed by atoms with van der Waals surface area (Å²) in [6, 6.07) is 16.2. The molecule has 26 heavy (non-hydrogen) atoms. The molecule has 0 spiro atoms. The van der Waals surface area contributed by atoms with Crippen molar-refractivity contribution in [3.8, 4) is 0 Å². The smallest absolute Gasteiger partial charge is 0.251 e. The van der Waals surface area contributed by atoms with Crippen LogP contribution in [0.4, 0.5) is 5.69 Å². The van der Waals surface area contributed by atoms with Crippen molar-refractivity contribution in [2.75, 3.05) is 17.1 Å². The normalized spacial score (nSPS) is 12.2. The van der Waals surface area contributed by atoms with Crippen LogP contribution >= 0.6 is 0 Å². The van der Waals surface area contributed by atoms with Crippen molar-refractivity contribution in [3.63, 3.8) is 0 Å². The summed E-state index contributed by atoms with van der Waals surface area (Å²) in [5.74, 6) is -0.193. The van der Waals surface area contributed by atoms with Crippen LogP contribution in [0.15, 0.2) is 67.3 Å². The van der Waals surface area contributed by atoms with E-state index < -0.39 is 10.0 Å². The quantitative estimate of drug-likeness (QED) is 0.721. The Hall–Kier alpha value is -2.60. The summed E-state index contributed by atoms with van der Waals surface area (Å²) >= 11 is 0. The van der Waals surface area contributed by atoms with Gasteiger partial charge in [-0.05, 0) is 36.2 Å². The van der Waals surface area contributed by atoms with E-state index in [1.807, 2.05) is 37.3 Å². The van der Waals surface area contributed by atoms with E-state index in [1.54, 1.807) is 24.3 Å². The molecular weight excluding hydrogens is 348 g/mol. The second kappa shape index (κ2) is 8.67. The van der Waals surface area contributed by atoms with E-state index >= 15 is 0 Å². The van der Waals surface area contributed by atoms with E-state index in [4.69, 9.17) is 0 Å². The lowest BCUT2D eigenvalue weighted by atomic mass is 10.0. The van der Waals surface area contributed by atoms with Crippen LogP contribution in [0.1, 0.15) is 35.3 Å². The van der Waals surface area contributed by atoms with Crippen LogP contribution in [0, 0.1) is 0 Å². The van der Waals surface area contributed by atoms with Gasteiger partial charge in [-0.25, -0.2) is 8.42 Å². The van der Waals surface area contributed by atoms with E-state index in [2.05, 4.69) is 11.9 Å². The van der Waals surface area contributed by atoms with Gasteiger partial charge in [0.15, 0.2) is 0 Å².